The van der Waals surface area contributed by atoms with Gasteiger partial charge in [-0.25, -0.2) is 0 Å². The third-order valence-corrected chi connectivity index (χ3v) is 2.29. The third kappa shape index (κ3) is 1.41. The Kier molecular flexibility index (Phi) is 2.00. The summed E-state index contributed by atoms with van der Waals surface area (Å²) in [5.41, 5.74) is 0.763. The molecule has 0 radical (unpaired) electrons. The van der Waals surface area contributed by atoms with E-state index in [0.717, 1.165) is 18.5 Å². The summed E-state index contributed by atoms with van der Waals surface area (Å²) in [4.78, 5) is 23.9. The first-order valence-corrected chi connectivity index (χ1v) is 4.51. The van der Waals surface area contributed by atoms with Gasteiger partial charge >= 0.3 is 0 Å². The van der Waals surface area contributed by atoms with Gasteiger partial charge < -0.3 is 0 Å². The number of nitrogens with zero attached hydrogens (tertiary/aromatic N) is 1. The predicted molar refractivity (Wildman–Crippen MR) is 47.5 cm³/mol. The van der Waals surface area contributed by atoms with Crippen molar-refractivity contribution in [3.63, 3.8) is 0 Å². The maximum absolute atomic E-state index is 11.3. The van der Waals surface area contributed by atoms with Crippen molar-refractivity contribution in [2.45, 2.75) is 25.7 Å². The highest BCUT2D eigenvalue weighted by Gasteiger charge is 2.30. The van der Waals surface area contributed by atoms with E-state index in [1.165, 1.54) is 4.90 Å². The highest BCUT2D eigenvalue weighted by Crippen LogP contribution is 2.21. The molecule has 1 aliphatic carbocycles. The summed E-state index contributed by atoms with van der Waals surface area (Å²) in [7, 11) is 0. The molecule has 0 unspecified atom stereocenters. The van der Waals surface area contributed by atoms with Crippen LogP contribution in [0.3, 0.4) is 0 Å². The van der Waals surface area contributed by atoms with Gasteiger partial charge in [0.15, 0.2) is 0 Å². The average Bonchev–Trinajstić information content (AvgIpc) is 2.48. The van der Waals surface area contributed by atoms with Crippen molar-refractivity contribution >= 4 is 11.8 Å². The summed E-state index contributed by atoms with van der Waals surface area (Å²) in [6, 6.07) is 0. The van der Waals surface area contributed by atoms with Gasteiger partial charge in [-0.15, -0.1) is 0 Å². The second-order valence-electron chi connectivity index (χ2n) is 3.23. The molecule has 13 heavy (non-hydrogen) atoms. The first-order chi connectivity index (χ1) is 6.29. The average molecular weight is 177 g/mol. The predicted octanol–water partition coefficient (Wildman–Crippen LogP) is 1.37. The number of rotatable bonds is 1. The molecule has 2 rings (SSSR count). The van der Waals surface area contributed by atoms with Gasteiger partial charge in [0, 0.05) is 18.5 Å². The van der Waals surface area contributed by atoms with E-state index >= 15 is 0 Å². The van der Waals surface area contributed by atoms with Crippen LogP contribution < -0.4 is 0 Å². The lowest BCUT2D eigenvalue weighted by Gasteiger charge is -2.16. The highest BCUT2D eigenvalue weighted by atomic mass is 16.2. The van der Waals surface area contributed by atoms with Gasteiger partial charge in [0.1, 0.15) is 0 Å². The Balaban J connectivity index is 2.24. The van der Waals surface area contributed by atoms with Crippen molar-refractivity contribution < 1.29 is 9.59 Å². The smallest absolute Gasteiger partial charge is 0.234 e. The minimum atomic E-state index is -0.0669. The number of imide groups is 1. The molecule has 3 heteroatoms. The Labute approximate surface area is 76.7 Å². The molecule has 0 aromatic heterocycles. The van der Waals surface area contributed by atoms with Crippen LogP contribution in [0.15, 0.2) is 23.9 Å². The van der Waals surface area contributed by atoms with E-state index in [2.05, 4.69) is 0 Å². The van der Waals surface area contributed by atoms with Crippen LogP contribution in [-0.2, 0) is 9.59 Å². The number of allylic oxidation sites excluding steroid dienone is 3. The van der Waals surface area contributed by atoms with Crippen LogP contribution >= 0.6 is 0 Å². The topological polar surface area (TPSA) is 37.4 Å². The number of carbonyl (C=O) groups excluding carboxylic acids is 2. The zero-order valence-electron chi connectivity index (χ0n) is 7.32. The Morgan fingerprint density at radius 3 is 2.31 bits per heavy atom. The fourth-order valence-corrected chi connectivity index (χ4v) is 1.63. The Morgan fingerprint density at radius 2 is 1.77 bits per heavy atom. The summed E-state index contributed by atoms with van der Waals surface area (Å²) < 4.78 is 0. The summed E-state index contributed by atoms with van der Waals surface area (Å²) in [6.07, 6.45) is 8.44. The van der Waals surface area contributed by atoms with Crippen molar-refractivity contribution in [1.29, 1.82) is 0 Å². The van der Waals surface area contributed by atoms with Crippen molar-refractivity contribution in [2.24, 2.45) is 0 Å². The number of hydrogen-bond acceptors (Lipinski definition) is 2. The van der Waals surface area contributed by atoms with E-state index < -0.39 is 0 Å². The Bertz CT molecular complexity index is 299. The van der Waals surface area contributed by atoms with E-state index in [1.54, 1.807) is 0 Å². The minimum absolute atomic E-state index is 0.0669. The SMILES string of the molecule is O=C1CCC(=O)N1C1=CCCC=C1. The van der Waals surface area contributed by atoms with Crippen LogP contribution in [0.25, 0.3) is 0 Å². The lowest BCUT2D eigenvalue weighted by Crippen LogP contribution is -2.27. The van der Waals surface area contributed by atoms with Crippen molar-refractivity contribution in [1.82, 2.24) is 4.90 Å². The maximum Gasteiger partial charge on any atom is 0.234 e. The first-order valence-electron chi connectivity index (χ1n) is 4.51. The molecule has 0 aromatic carbocycles. The fourth-order valence-electron chi connectivity index (χ4n) is 1.63. The number of carbonyl (C=O) groups is 2. The number of amides is 2. The lowest BCUT2D eigenvalue weighted by molar-refractivity contribution is -0.135. The van der Waals surface area contributed by atoms with Gasteiger partial charge in [0.05, 0.1) is 0 Å². The molecule has 0 N–H and O–H groups in total. The standard InChI is InChI=1S/C10H11NO2/c12-9-6-7-10(13)11(9)8-4-2-1-3-5-8/h2,4-5H,1,3,6-7H2. The zero-order valence-corrected chi connectivity index (χ0v) is 7.32. The van der Waals surface area contributed by atoms with Crippen LogP contribution in [0.5, 0.6) is 0 Å². The summed E-state index contributed by atoms with van der Waals surface area (Å²) in [5.74, 6) is -0.134. The minimum Gasteiger partial charge on any atom is -0.274 e. The molecule has 2 amide bonds. The molecule has 1 aliphatic heterocycles. The Hall–Kier alpha value is -1.38. The maximum atomic E-state index is 11.3. The van der Waals surface area contributed by atoms with Gasteiger partial charge in [-0.3, -0.25) is 14.5 Å². The highest BCUT2D eigenvalue weighted by molar-refractivity contribution is 6.04. The molecule has 0 bridgehead atoms. The van der Waals surface area contributed by atoms with E-state index in [-0.39, 0.29) is 11.8 Å². The van der Waals surface area contributed by atoms with Gasteiger partial charge in [-0.05, 0) is 18.9 Å². The molecule has 0 saturated carbocycles. The molecule has 0 atom stereocenters. The molecular formula is C10H11NO2. The van der Waals surface area contributed by atoms with Gasteiger partial charge in [0.25, 0.3) is 0 Å². The van der Waals surface area contributed by atoms with Crippen molar-refractivity contribution in [3.8, 4) is 0 Å². The third-order valence-electron chi connectivity index (χ3n) is 2.29. The molecular weight excluding hydrogens is 166 g/mol. The molecule has 0 spiro atoms. The Morgan fingerprint density at radius 1 is 1.08 bits per heavy atom. The molecule has 1 saturated heterocycles. The van der Waals surface area contributed by atoms with E-state index in [9.17, 15) is 9.59 Å². The van der Waals surface area contributed by atoms with Crippen LogP contribution in [-0.4, -0.2) is 16.7 Å². The molecule has 68 valence electrons. The van der Waals surface area contributed by atoms with Gasteiger partial charge in [-0.2, -0.15) is 0 Å². The molecule has 3 nitrogen and oxygen atoms in total. The quantitative estimate of drug-likeness (QED) is 0.567. The first kappa shape index (κ1) is 8.23. The largest absolute Gasteiger partial charge is 0.274 e. The van der Waals surface area contributed by atoms with Gasteiger partial charge in [0.2, 0.25) is 11.8 Å². The molecule has 2 aliphatic rings. The van der Waals surface area contributed by atoms with E-state index in [0.29, 0.717) is 12.8 Å². The second-order valence-corrected chi connectivity index (χ2v) is 3.23. The molecule has 0 aromatic rings. The molecule has 1 heterocycles. The number of likely N-dealkylation sites (tertiary alicyclic amines) is 1. The number of hydrogen-bond donors (Lipinski definition) is 0. The van der Waals surface area contributed by atoms with Crippen LogP contribution in [0.4, 0.5) is 0 Å². The van der Waals surface area contributed by atoms with Crippen LogP contribution in [0.2, 0.25) is 0 Å². The summed E-state index contributed by atoms with van der Waals surface area (Å²) in [5, 5.41) is 0. The summed E-state index contributed by atoms with van der Waals surface area (Å²) in [6.45, 7) is 0. The summed E-state index contributed by atoms with van der Waals surface area (Å²) >= 11 is 0. The van der Waals surface area contributed by atoms with Gasteiger partial charge in [-0.1, -0.05) is 12.2 Å². The lowest BCUT2D eigenvalue weighted by atomic mass is 10.1. The monoisotopic (exact) mass is 177 g/mol. The van der Waals surface area contributed by atoms with Crippen LogP contribution in [0, 0.1) is 0 Å². The van der Waals surface area contributed by atoms with Crippen molar-refractivity contribution in [3.05, 3.63) is 23.9 Å². The van der Waals surface area contributed by atoms with E-state index in [1.807, 2.05) is 18.2 Å². The fraction of sp³-hybridized carbons (Fsp3) is 0.400. The second kappa shape index (κ2) is 3.17. The van der Waals surface area contributed by atoms with Crippen molar-refractivity contribution in [2.75, 3.05) is 0 Å². The van der Waals surface area contributed by atoms with Crippen LogP contribution in [0.1, 0.15) is 25.7 Å². The normalized spacial score (nSPS) is 22.5. The molecule has 1 fully saturated rings. The zero-order chi connectivity index (χ0) is 9.26. The van der Waals surface area contributed by atoms with E-state index in [4.69, 9.17) is 0 Å².